The standard InChI is InChI=1S/C10H15NO2/c1-7-6-11-9(4-5-12)8(2)10(7)13-3/h6,12H,4-5H2,1-3H3. The van der Waals surface area contributed by atoms with Crippen molar-refractivity contribution in [3.63, 3.8) is 0 Å². The second-order valence-corrected chi connectivity index (χ2v) is 3.02. The Bertz CT molecular complexity index is 297. The lowest BCUT2D eigenvalue weighted by Gasteiger charge is -2.11. The summed E-state index contributed by atoms with van der Waals surface area (Å²) in [6.07, 6.45) is 2.36. The third-order valence-corrected chi connectivity index (χ3v) is 2.10. The average molecular weight is 181 g/mol. The van der Waals surface area contributed by atoms with Gasteiger partial charge in [-0.3, -0.25) is 4.98 Å². The van der Waals surface area contributed by atoms with Gasteiger partial charge in [0.25, 0.3) is 0 Å². The van der Waals surface area contributed by atoms with E-state index in [4.69, 9.17) is 9.84 Å². The zero-order valence-electron chi connectivity index (χ0n) is 8.29. The maximum absolute atomic E-state index is 8.80. The van der Waals surface area contributed by atoms with Gasteiger partial charge in [0, 0.05) is 36.0 Å². The van der Waals surface area contributed by atoms with Crippen LogP contribution in [0.1, 0.15) is 16.8 Å². The third-order valence-electron chi connectivity index (χ3n) is 2.10. The molecule has 13 heavy (non-hydrogen) atoms. The van der Waals surface area contributed by atoms with Crippen molar-refractivity contribution in [2.24, 2.45) is 0 Å². The van der Waals surface area contributed by atoms with Gasteiger partial charge in [-0.15, -0.1) is 0 Å². The van der Waals surface area contributed by atoms with E-state index in [2.05, 4.69) is 4.98 Å². The first-order valence-electron chi connectivity index (χ1n) is 4.30. The first-order valence-corrected chi connectivity index (χ1v) is 4.30. The van der Waals surface area contributed by atoms with Crippen LogP contribution in [0, 0.1) is 13.8 Å². The van der Waals surface area contributed by atoms with Gasteiger partial charge in [0.05, 0.1) is 7.11 Å². The number of ether oxygens (including phenoxy) is 1. The van der Waals surface area contributed by atoms with E-state index in [1.807, 2.05) is 13.8 Å². The lowest BCUT2D eigenvalue weighted by molar-refractivity contribution is 0.297. The SMILES string of the molecule is COc1c(C)cnc(CCO)c1C. The van der Waals surface area contributed by atoms with Gasteiger partial charge in [0.2, 0.25) is 0 Å². The predicted octanol–water partition coefficient (Wildman–Crippen LogP) is 1.24. The summed E-state index contributed by atoms with van der Waals surface area (Å²) in [6.45, 7) is 4.05. The Kier molecular flexibility index (Phi) is 3.25. The number of aryl methyl sites for hydroxylation is 1. The summed E-state index contributed by atoms with van der Waals surface area (Å²) in [4.78, 5) is 4.24. The van der Waals surface area contributed by atoms with Crippen molar-refractivity contribution in [1.82, 2.24) is 4.98 Å². The number of pyridine rings is 1. The number of aliphatic hydroxyl groups is 1. The summed E-state index contributed by atoms with van der Waals surface area (Å²) in [5, 5.41) is 8.80. The van der Waals surface area contributed by atoms with E-state index >= 15 is 0 Å². The van der Waals surface area contributed by atoms with E-state index in [9.17, 15) is 0 Å². The summed E-state index contributed by atoms with van der Waals surface area (Å²) in [5.74, 6) is 0.874. The van der Waals surface area contributed by atoms with Gasteiger partial charge in [-0.25, -0.2) is 0 Å². The Balaban J connectivity index is 3.11. The summed E-state index contributed by atoms with van der Waals surface area (Å²) in [6, 6.07) is 0. The van der Waals surface area contributed by atoms with Crippen LogP contribution in [0.25, 0.3) is 0 Å². The molecule has 72 valence electrons. The van der Waals surface area contributed by atoms with Crippen LogP contribution in [-0.2, 0) is 6.42 Å². The molecule has 0 unspecified atom stereocenters. The molecular weight excluding hydrogens is 166 g/mol. The van der Waals surface area contributed by atoms with Crippen molar-refractivity contribution in [2.75, 3.05) is 13.7 Å². The van der Waals surface area contributed by atoms with E-state index in [0.29, 0.717) is 6.42 Å². The highest BCUT2D eigenvalue weighted by Crippen LogP contribution is 2.23. The highest BCUT2D eigenvalue weighted by Gasteiger charge is 2.08. The van der Waals surface area contributed by atoms with Crippen LogP contribution in [-0.4, -0.2) is 23.8 Å². The Labute approximate surface area is 78.4 Å². The molecule has 1 N–H and O–H groups in total. The number of methoxy groups -OCH3 is 1. The maximum atomic E-state index is 8.80. The molecule has 0 aromatic carbocycles. The first-order chi connectivity index (χ1) is 6.20. The first kappa shape index (κ1) is 9.99. The van der Waals surface area contributed by atoms with Crippen molar-refractivity contribution in [1.29, 1.82) is 0 Å². The molecule has 1 aromatic heterocycles. The number of aliphatic hydroxyl groups excluding tert-OH is 1. The quantitative estimate of drug-likeness (QED) is 0.763. The van der Waals surface area contributed by atoms with Gasteiger partial charge in [-0.1, -0.05) is 0 Å². The molecule has 0 saturated heterocycles. The Morgan fingerprint density at radius 3 is 2.69 bits per heavy atom. The Hall–Kier alpha value is -1.09. The van der Waals surface area contributed by atoms with E-state index in [1.165, 1.54) is 0 Å². The monoisotopic (exact) mass is 181 g/mol. The number of nitrogens with zero attached hydrogens (tertiary/aromatic N) is 1. The molecule has 0 fully saturated rings. The molecule has 0 bridgehead atoms. The molecule has 0 aliphatic carbocycles. The fraction of sp³-hybridized carbons (Fsp3) is 0.500. The minimum atomic E-state index is 0.125. The van der Waals surface area contributed by atoms with Gasteiger partial charge in [0.15, 0.2) is 0 Å². The number of aromatic nitrogens is 1. The second-order valence-electron chi connectivity index (χ2n) is 3.02. The summed E-state index contributed by atoms with van der Waals surface area (Å²) in [5.41, 5.74) is 2.96. The van der Waals surface area contributed by atoms with Crippen molar-refractivity contribution < 1.29 is 9.84 Å². The van der Waals surface area contributed by atoms with Crippen LogP contribution in [0.4, 0.5) is 0 Å². The molecule has 0 atom stereocenters. The third kappa shape index (κ3) is 1.98. The topological polar surface area (TPSA) is 42.4 Å². The summed E-state index contributed by atoms with van der Waals surface area (Å²) < 4.78 is 5.24. The Morgan fingerprint density at radius 2 is 2.15 bits per heavy atom. The smallest absolute Gasteiger partial charge is 0.128 e. The molecular formula is C10H15NO2. The van der Waals surface area contributed by atoms with Crippen LogP contribution >= 0.6 is 0 Å². The Morgan fingerprint density at radius 1 is 1.46 bits per heavy atom. The van der Waals surface area contributed by atoms with Crippen LogP contribution in [0.15, 0.2) is 6.20 Å². The highest BCUT2D eigenvalue weighted by atomic mass is 16.5. The molecule has 0 aliphatic heterocycles. The molecule has 0 aliphatic rings. The van der Waals surface area contributed by atoms with E-state index in [-0.39, 0.29) is 6.61 Å². The van der Waals surface area contributed by atoms with Crippen molar-refractivity contribution in [3.8, 4) is 5.75 Å². The highest BCUT2D eigenvalue weighted by molar-refractivity contribution is 5.41. The van der Waals surface area contributed by atoms with Gasteiger partial charge in [-0.05, 0) is 13.8 Å². The molecule has 0 radical (unpaired) electrons. The normalized spacial score (nSPS) is 10.2. The minimum Gasteiger partial charge on any atom is -0.496 e. The predicted molar refractivity (Wildman–Crippen MR) is 51.1 cm³/mol. The fourth-order valence-electron chi connectivity index (χ4n) is 1.43. The van der Waals surface area contributed by atoms with Crippen LogP contribution in [0.2, 0.25) is 0 Å². The zero-order valence-corrected chi connectivity index (χ0v) is 8.29. The largest absolute Gasteiger partial charge is 0.496 e. The van der Waals surface area contributed by atoms with E-state index in [1.54, 1.807) is 13.3 Å². The van der Waals surface area contributed by atoms with Crippen molar-refractivity contribution in [2.45, 2.75) is 20.3 Å². The average Bonchev–Trinajstić information content (AvgIpc) is 2.11. The lowest BCUT2D eigenvalue weighted by atomic mass is 10.1. The van der Waals surface area contributed by atoms with Crippen molar-refractivity contribution in [3.05, 3.63) is 23.0 Å². The van der Waals surface area contributed by atoms with Crippen molar-refractivity contribution >= 4 is 0 Å². The van der Waals surface area contributed by atoms with E-state index < -0.39 is 0 Å². The fourth-order valence-corrected chi connectivity index (χ4v) is 1.43. The maximum Gasteiger partial charge on any atom is 0.128 e. The van der Waals surface area contributed by atoms with Crippen LogP contribution in [0.3, 0.4) is 0 Å². The van der Waals surface area contributed by atoms with Gasteiger partial charge < -0.3 is 9.84 Å². The molecule has 3 heteroatoms. The zero-order chi connectivity index (χ0) is 9.84. The number of rotatable bonds is 3. The molecule has 1 heterocycles. The second kappa shape index (κ2) is 4.23. The summed E-state index contributed by atoms with van der Waals surface area (Å²) in [7, 11) is 1.65. The molecule has 0 amide bonds. The minimum absolute atomic E-state index is 0.125. The van der Waals surface area contributed by atoms with Gasteiger partial charge in [-0.2, -0.15) is 0 Å². The molecule has 3 nitrogen and oxygen atoms in total. The van der Waals surface area contributed by atoms with Gasteiger partial charge >= 0.3 is 0 Å². The van der Waals surface area contributed by atoms with Gasteiger partial charge in [0.1, 0.15) is 5.75 Å². The molecule has 0 saturated carbocycles. The molecule has 1 aromatic rings. The lowest BCUT2D eigenvalue weighted by Crippen LogP contribution is -2.01. The molecule has 0 spiro atoms. The number of hydrogen-bond acceptors (Lipinski definition) is 3. The molecule has 1 rings (SSSR count). The number of hydrogen-bond donors (Lipinski definition) is 1. The van der Waals surface area contributed by atoms with Crippen LogP contribution < -0.4 is 4.74 Å². The van der Waals surface area contributed by atoms with Crippen LogP contribution in [0.5, 0.6) is 5.75 Å². The summed E-state index contributed by atoms with van der Waals surface area (Å²) >= 11 is 0. The van der Waals surface area contributed by atoms with E-state index in [0.717, 1.165) is 22.6 Å².